The van der Waals surface area contributed by atoms with Crippen LogP contribution in [0, 0.1) is 0 Å². The van der Waals surface area contributed by atoms with E-state index in [1.54, 1.807) is 7.05 Å². The summed E-state index contributed by atoms with van der Waals surface area (Å²) in [5.74, 6) is 0.674. The van der Waals surface area contributed by atoms with Gasteiger partial charge in [-0.3, -0.25) is 4.90 Å². The van der Waals surface area contributed by atoms with Crippen molar-refractivity contribution in [3.05, 3.63) is 29.8 Å². The van der Waals surface area contributed by atoms with Crippen LogP contribution >= 0.6 is 0 Å². The molecule has 1 aromatic carbocycles. The predicted molar refractivity (Wildman–Crippen MR) is 70.8 cm³/mol. The summed E-state index contributed by atoms with van der Waals surface area (Å²) in [6, 6.07) is 7.61. The van der Waals surface area contributed by atoms with Crippen molar-refractivity contribution in [2.75, 3.05) is 26.7 Å². The van der Waals surface area contributed by atoms with Gasteiger partial charge >= 0.3 is 0 Å². The highest BCUT2D eigenvalue weighted by atomic mass is 19.3. The molecule has 1 rings (SSSR count). The number of halogens is 2. The minimum absolute atomic E-state index is 0.0963. The third-order valence-corrected chi connectivity index (χ3v) is 2.75. The standard InChI is InChI=1S/C14H21F2NO2/c1-3-11-4-6-13(7-5-11)19-10-12(18)8-17(2)9-14(15)16/h4-7,12,14,18H,3,8-10H2,1-2H3. The minimum atomic E-state index is -2.39. The third kappa shape index (κ3) is 6.50. The quantitative estimate of drug-likeness (QED) is 0.788. The second kappa shape index (κ2) is 8.07. The number of aliphatic hydroxyl groups excluding tert-OH is 1. The average Bonchev–Trinajstić information content (AvgIpc) is 2.36. The molecule has 0 bridgehead atoms. The first-order chi connectivity index (χ1) is 9.01. The van der Waals surface area contributed by atoms with E-state index in [1.807, 2.05) is 24.3 Å². The summed E-state index contributed by atoms with van der Waals surface area (Å²) in [5.41, 5.74) is 1.21. The van der Waals surface area contributed by atoms with Crippen LogP contribution in [0.2, 0.25) is 0 Å². The second-order valence-corrected chi connectivity index (χ2v) is 4.57. The molecule has 0 aliphatic heterocycles. The minimum Gasteiger partial charge on any atom is -0.491 e. The lowest BCUT2D eigenvalue weighted by atomic mass is 10.2. The van der Waals surface area contributed by atoms with Gasteiger partial charge < -0.3 is 9.84 Å². The summed E-state index contributed by atoms with van der Waals surface area (Å²) in [6.07, 6.45) is -2.21. The Balaban J connectivity index is 2.30. The number of hydrogen-bond donors (Lipinski definition) is 1. The summed E-state index contributed by atoms with van der Waals surface area (Å²) in [7, 11) is 1.55. The molecule has 0 aliphatic carbocycles. The zero-order valence-corrected chi connectivity index (χ0v) is 11.4. The zero-order chi connectivity index (χ0) is 14.3. The van der Waals surface area contributed by atoms with Crippen LogP contribution < -0.4 is 4.74 Å². The fourth-order valence-electron chi connectivity index (χ4n) is 1.74. The predicted octanol–water partition coefficient (Wildman–Crippen LogP) is 2.19. The van der Waals surface area contributed by atoms with Gasteiger partial charge in [-0.05, 0) is 31.2 Å². The van der Waals surface area contributed by atoms with Crippen LogP contribution in [0.3, 0.4) is 0 Å². The molecular weight excluding hydrogens is 252 g/mol. The maximum atomic E-state index is 12.1. The van der Waals surface area contributed by atoms with Gasteiger partial charge in [0.1, 0.15) is 18.5 Å². The molecule has 5 heteroatoms. The zero-order valence-electron chi connectivity index (χ0n) is 11.4. The number of alkyl halides is 2. The number of aryl methyl sites for hydroxylation is 1. The Morgan fingerprint density at radius 1 is 1.21 bits per heavy atom. The van der Waals surface area contributed by atoms with Crippen molar-refractivity contribution in [2.45, 2.75) is 25.9 Å². The largest absolute Gasteiger partial charge is 0.491 e. The van der Waals surface area contributed by atoms with Crippen LogP contribution in [-0.4, -0.2) is 49.3 Å². The molecule has 0 saturated carbocycles. The summed E-state index contributed by atoms with van der Waals surface area (Å²) >= 11 is 0. The van der Waals surface area contributed by atoms with Gasteiger partial charge in [-0.25, -0.2) is 8.78 Å². The van der Waals surface area contributed by atoms with Gasteiger partial charge in [0.25, 0.3) is 6.43 Å². The average molecular weight is 273 g/mol. The molecule has 0 spiro atoms. The Morgan fingerprint density at radius 3 is 2.37 bits per heavy atom. The molecule has 3 nitrogen and oxygen atoms in total. The van der Waals surface area contributed by atoms with Gasteiger partial charge in [-0.15, -0.1) is 0 Å². The van der Waals surface area contributed by atoms with Gasteiger partial charge in [0.05, 0.1) is 6.54 Å². The number of hydrogen-bond acceptors (Lipinski definition) is 3. The van der Waals surface area contributed by atoms with E-state index in [2.05, 4.69) is 6.92 Å². The molecule has 0 radical (unpaired) electrons. The molecule has 19 heavy (non-hydrogen) atoms. The fourth-order valence-corrected chi connectivity index (χ4v) is 1.74. The Hall–Kier alpha value is -1.20. The van der Waals surface area contributed by atoms with Crippen molar-refractivity contribution < 1.29 is 18.6 Å². The summed E-state index contributed by atoms with van der Waals surface area (Å²) < 4.78 is 29.6. The molecule has 0 fully saturated rings. The van der Waals surface area contributed by atoms with E-state index in [4.69, 9.17) is 4.74 Å². The van der Waals surface area contributed by atoms with E-state index in [0.717, 1.165) is 6.42 Å². The van der Waals surface area contributed by atoms with E-state index in [9.17, 15) is 13.9 Å². The monoisotopic (exact) mass is 273 g/mol. The highest BCUT2D eigenvalue weighted by molar-refractivity contribution is 5.27. The molecule has 0 amide bonds. The Bertz CT molecular complexity index is 357. The lowest BCUT2D eigenvalue weighted by Gasteiger charge is -2.20. The van der Waals surface area contributed by atoms with E-state index < -0.39 is 12.5 Å². The first-order valence-electron chi connectivity index (χ1n) is 6.37. The van der Waals surface area contributed by atoms with Gasteiger partial charge in [0.2, 0.25) is 0 Å². The van der Waals surface area contributed by atoms with Crippen molar-refractivity contribution >= 4 is 0 Å². The highest BCUT2D eigenvalue weighted by Crippen LogP contribution is 2.12. The number of benzene rings is 1. The maximum Gasteiger partial charge on any atom is 0.251 e. The van der Waals surface area contributed by atoms with Crippen LogP contribution in [0.4, 0.5) is 8.78 Å². The summed E-state index contributed by atoms with van der Waals surface area (Å²) in [5, 5.41) is 9.68. The normalized spacial score (nSPS) is 13.0. The number of aliphatic hydroxyl groups is 1. The van der Waals surface area contributed by atoms with Crippen molar-refractivity contribution in [1.29, 1.82) is 0 Å². The Morgan fingerprint density at radius 2 is 1.84 bits per heavy atom. The fraction of sp³-hybridized carbons (Fsp3) is 0.571. The van der Waals surface area contributed by atoms with Crippen molar-refractivity contribution in [2.24, 2.45) is 0 Å². The first kappa shape index (κ1) is 15.9. The second-order valence-electron chi connectivity index (χ2n) is 4.57. The van der Waals surface area contributed by atoms with Crippen LogP contribution in [0.5, 0.6) is 5.75 Å². The molecule has 0 saturated heterocycles. The van der Waals surface area contributed by atoms with Crippen LogP contribution in [0.1, 0.15) is 12.5 Å². The molecule has 0 aliphatic rings. The smallest absolute Gasteiger partial charge is 0.251 e. The number of ether oxygens (including phenoxy) is 1. The number of likely N-dealkylation sites (N-methyl/N-ethyl adjacent to an activating group) is 1. The third-order valence-electron chi connectivity index (χ3n) is 2.75. The molecule has 108 valence electrons. The lowest BCUT2D eigenvalue weighted by Crippen LogP contribution is -2.35. The van der Waals surface area contributed by atoms with Gasteiger partial charge in [-0.2, -0.15) is 0 Å². The Labute approximate surface area is 112 Å². The first-order valence-corrected chi connectivity index (χ1v) is 6.37. The molecule has 1 atom stereocenters. The van der Waals surface area contributed by atoms with E-state index in [-0.39, 0.29) is 19.7 Å². The summed E-state index contributed by atoms with van der Waals surface area (Å²) in [6.45, 7) is 1.98. The molecule has 0 heterocycles. The molecular formula is C14H21F2NO2. The number of rotatable bonds is 8. The van der Waals surface area contributed by atoms with Crippen molar-refractivity contribution in [3.63, 3.8) is 0 Å². The lowest BCUT2D eigenvalue weighted by molar-refractivity contribution is 0.0473. The number of nitrogens with zero attached hydrogens (tertiary/aromatic N) is 1. The van der Waals surface area contributed by atoms with E-state index >= 15 is 0 Å². The topological polar surface area (TPSA) is 32.7 Å². The van der Waals surface area contributed by atoms with Crippen LogP contribution in [0.25, 0.3) is 0 Å². The Kier molecular flexibility index (Phi) is 6.73. The van der Waals surface area contributed by atoms with Gasteiger partial charge in [0, 0.05) is 6.54 Å². The highest BCUT2D eigenvalue weighted by Gasteiger charge is 2.13. The van der Waals surface area contributed by atoms with Gasteiger partial charge in [0.15, 0.2) is 0 Å². The summed E-state index contributed by atoms with van der Waals surface area (Å²) in [4.78, 5) is 1.39. The van der Waals surface area contributed by atoms with Crippen LogP contribution in [-0.2, 0) is 6.42 Å². The molecule has 1 aromatic rings. The molecule has 1 N–H and O–H groups in total. The van der Waals surface area contributed by atoms with Crippen LogP contribution in [0.15, 0.2) is 24.3 Å². The SMILES string of the molecule is CCc1ccc(OCC(O)CN(C)CC(F)F)cc1. The van der Waals surface area contributed by atoms with Crippen molar-refractivity contribution in [1.82, 2.24) is 4.90 Å². The molecule has 1 unspecified atom stereocenters. The van der Waals surface area contributed by atoms with Crippen molar-refractivity contribution in [3.8, 4) is 5.75 Å². The van der Waals surface area contributed by atoms with E-state index in [0.29, 0.717) is 5.75 Å². The maximum absolute atomic E-state index is 12.1. The molecule has 0 aromatic heterocycles. The van der Waals surface area contributed by atoms with E-state index in [1.165, 1.54) is 10.5 Å². The van der Waals surface area contributed by atoms with Gasteiger partial charge in [-0.1, -0.05) is 19.1 Å².